The highest BCUT2D eigenvalue weighted by atomic mass is 79.9. The van der Waals surface area contributed by atoms with Crippen molar-refractivity contribution in [1.82, 2.24) is 0 Å². The van der Waals surface area contributed by atoms with Crippen LogP contribution in [0.15, 0.2) is 22.7 Å². The van der Waals surface area contributed by atoms with E-state index in [9.17, 15) is 0 Å². The molecule has 1 aliphatic rings. The second kappa shape index (κ2) is 5.89. The summed E-state index contributed by atoms with van der Waals surface area (Å²) < 4.78 is 12.1. The van der Waals surface area contributed by atoms with E-state index >= 15 is 0 Å². The third-order valence-corrected chi connectivity index (χ3v) is 3.73. The van der Waals surface area contributed by atoms with Crippen LogP contribution in [0.5, 0.6) is 5.75 Å². The van der Waals surface area contributed by atoms with Gasteiger partial charge in [-0.15, -0.1) is 11.6 Å². The first-order valence-electron chi connectivity index (χ1n) is 5.34. The summed E-state index contributed by atoms with van der Waals surface area (Å²) in [5.41, 5.74) is 1.06. The van der Waals surface area contributed by atoms with E-state index in [1.54, 1.807) is 0 Å². The van der Waals surface area contributed by atoms with E-state index in [1.807, 2.05) is 18.2 Å². The van der Waals surface area contributed by atoms with Gasteiger partial charge in [0.15, 0.2) is 0 Å². The molecule has 1 atom stereocenters. The maximum absolute atomic E-state index is 5.83. The van der Waals surface area contributed by atoms with Gasteiger partial charge in [-0.2, -0.15) is 0 Å². The van der Waals surface area contributed by atoms with Crippen molar-refractivity contribution >= 4 is 27.5 Å². The molecule has 2 nitrogen and oxygen atoms in total. The van der Waals surface area contributed by atoms with Gasteiger partial charge in [-0.3, -0.25) is 0 Å². The molecule has 1 aromatic rings. The number of hydrogen-bond acceptors (Lipinski definition) is 2. The van der Waals surface area contributed by atoms with Crippen LogP contribution < -0.4 is 4.74 Å². The Kier molecular flexibility index (Phi) is 4.50. The minimum absolute atomic E-state index is 0.490. The first-order valence-corrected chi connectivity index (χ1v) is 6.67. The van der Waals surface area contributed by atoms with Crippen LogP contribution in [0.3, 0.4) is 0 Å². The van der Waals surface area contributed by atoms with Crippen LogP contribution in [0.4, 0.5) is 0 Å². The van der Waals surface area contributed by atoms with Crippen molar-refractivity contribution in [1.29, 1.82) is 0 Å². The Bertz CT molecular complexity index is 351. The van der Waals surface area contributed by atoms with Crippen LogP contribution >= 0.6 is 27.5 Å². The number of hydrogen-bond donors (Lipinski definition) is 0. The normalized spacial score (nSPS) is 20.0. The minimum atomic E-state index is 0.490. The molecule has 2 rings (SSSR count). The lowest BCUT2D eigenvalue weighted by atomic mass is 10.1. The van der Waals surface area contributed by atoms with E-state index in [2.05, 4.69) is 15.9 Å². The van der Waals surface area contributed by atoms with Crippen molar-refractivity contribution in [2.24, 2.45) is 5.92 Å². The molecule has 1 fully saturated rings. The van der Waals surface area contributed by atoms with E-state index in [4.69, 9.17) is 21.1 Å². The summed E-state index contributed by atoms with van der Waals surface area (Å²) in [7, 11) is 0. The number of ether oxygens (including phenoxy) is 2. The van der Waals surface area contributed by atoms with Crippen molar-refractivity contribution in [2.45, 2.75) is 12.3 Å². The van der Waals surface area contributed by atoms with E-state index in [0.717, 1.165) is 42.0 Å². The van der Waals surface area contributed by atoms with Crippen LogP contribution in [0.25, 0.3) is 0 Å². The Morgan fingerprint density at radius 3 is 3.06 bits per heavy atom. The van der Waals surface area contributed by atoms with E-state index in [-0.39, 0.29) is 0 Å². The fourth-order valence-electron chi connectivity index (χ4n) is 1.67. The summed E-state index contributed by atoms with van der Waals surface area (Å²) in [4.78, 5) is 0. The fraction of sp³-hybridized carbons (Fsp3) is 0.500. The Morgan fingerprint density at radius 2 is 2.38 bits per heavy atom. The zero-order valence-corrected chi connectivity index (χ0v) is 11.3. The van der Waals surface area contributed by atoms with Gasteiger partial charge < -0.3 is 9.47 Å². The van der Waals surface area contributed by atoms with Crippen molar-refractivity contribution < 1.29 is 9.47 Å². The second-order valence-corrected chi connectivity index (χ2v) is 5.05. The van der Waals surface area contributed by atoms with E-state index in [1.165, 1.54) is 0 Å². The molecule has 0 amide bonds. The van der Waals surface area contributed by atoms with Gasteiger partial charge in [0.1, 0.15) is 5.75 Å². The van der Waals surface area contributed by atoms with Crippen molar-refractivity contribution in [3.63, 3.8) is 0 Å². The average Bonchev–Trinajstić information content (AvgIpc) is 2.81. The van der Waals surface area contributed by atoms with Crippen LogP contribution in [0, 0.1) is 5.92 Å². The predicted molar refractivity (Wildman–Crippen MR) is 68.1 cm³/mol. The smallest absolute Gasteiger partial charge is 0.119 e. The summed E-state index contributed by atoms with van der Waals surface area (Å²) in [6, 6.07) is 5.90. The van der Waals surface area contributed by atoms with Crippen LogP contribution in [0.1, 0.15) is 12.0 Å². The molecule has 0 aromatic heterocycles. The van der Waals surface area contributed by atoms with Gasteiger partial charge in [0.05, 0.1) is 13.2 Å². The quantitative estimate of drug-likeness (QED) is 0.791. The summed E-state index contributed by atoms with van der Waals surface area (Å²) in [5, 5.41) is 0. The molecule has 88 valence electrons. The molecule has 0 radical (unpaired) electrons. The lowest BCUT2D eigenvalue weighted by Crippen LogP contribution is -2.11. The zero-order valence-electron chi connectivity index (χ0n) is 8.92. The molecule has 1 saturated heterocycles. The van der Waals surface area contributed by atoms with Gasteiger partial charge in [0.2, 0.25) is 0 Å². The maximum atomic E-state index is 5.83. The van der Waals surface area contributed by atoms with E-state index < -0.39 is 0 Å². The molecule has 0 N–H and O–H groups in total. The number of benzene rings is 1. The van der Waals surface area contributed by atoms with Gasteiger partial charge in [0.25, 0.3) is 0 Å². The lowest BCUT2D eigenvalue weighted by molar-refractivity contribution is 0.167. The molecule has 1 heterocycles. The first kappa shape index (κ1) is 12.2. The van der Waals surface area contributed by atoms with Crippen molar-refractivity contribution in [3.8, 4) is 5.75 Å². The molecule has 1 unspecified atom stereocenters. The Balaban J connectivity index is 1.93. The van der Waals surface area contributed by atoms with Crippen molar-refractivity contribution in [3.05, 3.63) is 28.2 Å². The fourth-order valence-corrected chi connectivity index (χ4v) is 2.44. The number of rotatable bonds is 4. The minimum Gasteiger partial charge on any atom is -0.493 e. The summed E-state index contributed by atoms with van der Waals surface area (Å²) in [5.74, 6) is 1.90. The van der Waals surface area contributed by atoms with Gasteiger partial charge in [-0.25, -0.2) is 0 Å². The summed E-state index contributed by atoms with van der Waals surface area (Å²) >= 11 is 9.27. The highest BCUT2D eigenvalue weighted by molar-refractivity contribution is 9.10. The van der Waals surface area contributed by atoms with Gasteiger partial charge >= 0.3 is 0 Å². The van der Waals surface area contributed by atoms with Crippen molar-refractivity contribution in [2.75, 3.05) is 19.8 Å². The molecule has 0 bridgehead atoms. The zero-order chi connectivity index (χ0) is 11.4. The van der Waals surface area contributed by atoms with Gasteiger partial charge in [0, 0.05) is 22.9 Å². The molecule has 1 aromatic carbocycles. The monoisotopic (exact) mass is 304 g/mol. The van der Waals surface area contributed by atoms with E-state index in [0.29, 0.717) is 11.8 Å². The average molecular weight is 306 g/mol. The topological polar surface area (TPSA) is 18.5 Å². The van der Waals surface area contributed by atoms with Gasteiger partial charge in [-0.1, -0.05) is 15.9 Å². The largest absolute Gasteiger partial charge is 0.493 e. The molecule has 0 saturated carbocycles. The molecular formula is C12H14BrClO2. The van der Waals surface area contributed by atoms with Crippen LogP contribution in [0.2, 0.25) is 0 Å². The molecule has 4 heteroatoms. The third kappa shape index (κ3) is 3.12. The Labute approximate surface area is 109 Å². The second-order valence-electron chi connectivity index (χ2n) is 3.93. The standard InChI is InChI=1S/C12H14BrClO2/c13-12-2-1-11(5-10(12)6-14)16-8-9-3-4-15-7-9/h1-2,5,9H,3-4,6-8H2. The predicted octanol–water partition coefficient (Wildman–Crippen LogP) is 3.60. The Morgan fingerprint density at radius 1 is 1.50 bits per heavy atom. The number of alkyl halides is 1. The SMILES string of the molecule is ClCc1cc(OCC2CCOC2)ccc1Br. The summed E-state index contributed by atoms with van der Waals surface area (Å²) in [6.45, 7) is 2.41. The van der Waals surface area contributed by atoms with Crippen LogP contribution in [-0.2, 0) is 10.6 Å². The highest BCUT2D eigenvalue weighted by Gasteiger charge is 2.16. The Hall–Kier alpha value is -0.250. The molecule has 0 spiro atoms. The summed E-state index contributed by atoms with van der Waals surface area (Å²) in [6.07, 6.45) is 1.10. The molecule has 1 aliphatic heterocycles. The highest BCUT2D eigenvalue weighted by Crippen LogP contribution is 2.24. The molecule has 16 heavy (non-hydrogen) atoms. The maximum Gasteiger partial charge on any atom is 0.119 e. The first-order chi connectivity index (χ1) is 7.79. The third-order valence-electron chi connectivity index (χ3n) is 2.67. The molecule has 0 aliphatic carbocycles. The molecular weight excluding hydrogens is 291 g/mol. The number of halogens is 2. The lowest BCUT2D eigenvalue weighted by Gasteiger charge is -2.11. The van der Waals surface area contributed by atoms with Gasteiger partial charge in [-0.05, 0) is 30.2 Å². The van der Waals surface area contributed by atoms with Crippen LogP contribution in [-0.4, -0.2) is 19.8 Å².